The standard InChI is InChI=1S/C15H17N3O2/c16-10-13(11-4-2-1-3-5-11)15(20)17-9-8-14(19)18-12-6-7-12/h1-5,12-13H,6-9H2,(H,17,20)(H,18,19). The van der Waals surface area contributed by atoms with Crippen molar-refractivity contribution >= 4 is 11.8 Å². The smallest absolute Gasteiger partial charge is 0.241 e. The highest BCUT2D eigenvalue weighted by Gasteiger charge is 2.23. The summed E-state index contributed by atoms with van der Waals surface area (Å²) in [7, 11) is 0. The van der Waals surface area contributed by atoms with Gasteiger partial charge in [-0.1, -0.05) is 30.3 Å². The maximum atomic E-state index is 11.9. The molecule has 0 spiro atoms. The highest BCUT2D eigenvalue weighted by atomic mass is 16.2. The first kappa shape index (κ1) is 14.1. The van der Waals surface area contributed by atoms with Crippen LogP contribution in [0, 0.1) is 11.3 Å². The van der Waals surface area contributed by atoms with Crippen LogP contribution >= 0.6 is 0 Å². The van der Waals surface area contributed by atoms with E-state index in [9.17, 15) is 9.59 Å². The van der Waals surface area contributed by atoms with E-state index in [4.69, 9.17) is 5.26 Å². The fourth-order valence-corrected chi connectivity index (χ4v) is 1.86. The number of benzene rings is 1. The molecule has 5 heteroatoms. The van der Waals surface area contributed by atoms with Crippen LogP contribution in [-0.2, 0) is 9.59 Å². The van der Waals surface area contributed by atoms with Crippen LogP contribution < -0.4 is 10.6 Å². The molecule has 0 aliphatic heterocycles. The molecule has 0 bridgehead atoms. The third-order valence-corrected chi connectivity index (χ3v) is 3.12. The van der Waals surface area contributed by atoms with E-state index in [1.54, 1.807) is 24.3 Å². The van der Waals surface area contributed by atoms with E-state index in [2.05, 4.69) is 10.6 Å². The molecule has 2 amide bonds. The first-order valence-electron chi connectivity index (χ1n) is 6.72. The summed E-state index contributed by atoms with van der Waals surface area (Å²) in [5.41, 5.74) is 0.662. The van der Waals surface area contributed by atoms with E-state index >= 15 is 0 Å². The molecule has 0 radical (unpaired) electrons. The minimum atomic E-state index is -0.831. The Morgan fingerprint density at radius 2 is 2.00 bits per heavy atom. The Kier molecular flexibility index (Phi) is 4.72. The van der Waals surface area contributed by atoms with Crippen molar-refractivity contribution in [3.63, 3.8) is 0 Å². The molecule has 1 unspecified atom stereocenters. The van der Waals surface area contributed by atoms with Crippen molar-refractivity contribution in [3.05, 3.63) is 35.9 Å². The lowest BCUT2D eigenvalue weighted by Crippen LogP contribution is -2.33. The average Bonchev–Trinajstić information content (AvgIpc) is 3.24. The quantitative estimate of drug-likeness (QED) is 0.812. The molecule has 1 aromatic rings. The van der Waals surface area contributed by atoms with Crippen molar-refractivity contribution in [1.29, 1.82) is 5.26 Å². The normalized spacial score (nSPS) is 14.9. The van der Waals surface area contributed by atoms with E-state index in [1.807, 2.05) is 12.1 Å². The maximum Gasteiger partial charge on any atom is 0.241 e. The Labute approximate surface area is 118 Å². The second kappa shape index (κ2) is 6.71. The second-order valence-corrected chi connectivity index (χ2v) is 4.86. The van der Waals surface area contributed by atoms with Crippen LogP contribution in [0.15, 0.2) is 30.3 Å². The van der Waals surface area contributed by atoms with E-state index in [1.165, 1.54) is 0 Å². The fourth-order valence-electron chi connectivity index (χ4n) is 1.86. The molecule has 1 saturated carbocycles. The van der Waals surface area contributed by atoms with E-state index in [-0.39, 0.29) is 24.8 Å². The first-order chi connectivity index (χ1) is 9.70. The molecule has 0 saturated heterocycles. The average molecular weight is 271 g/mol. The lowest BCUT2D eigenvalue weighted by Gasteiger charge is -2.10. The van der Waals surface area contributed by atoms with Gasteiger partial charge in [0.15, 0.2) is 0 Å². The number of carbonyl (C=O) groups excluding carboxylic acids is 2. The van der Waals surface area contributed by atoms with Gasteiger partial charge in [-0.15, -0.1) is 0 Å². The third-order valence-electron chi connectivity index (χ3n) is 3.12. The summed E-state index contributed by atoms with van der Waals surface area (Å²) in [5.74, 6) is -1.25. The maximum absolute atomic E-state index is 11.9. The predicted molar refractivity (Wildman–Crippen MR) is 73.6 cm³/mol. The zero-order valence-corrected chi connectivity index (χ0v) is 11.1. The number of carbonyl (C=O) groups is 2. The Bertz CT molecular complexity index is 518. The topological polar surface area (TPSA) is 82.0 Å². The van der Waals surface area contributed by atoms with Crippen molar-refractivity contribution in [2.24, 2.45) is 0 Å². The molecule has 20 heavy (non-hydrogen) atoms. The summed E-state index contributed by atoms with van der Waals surface area (Å²) in [6, 6.07) is 11.2. The molecule has 1 atom stereocenters. The van der Waals surface area contributed by atoms with Gasteiger partial charge in [-0.05, 0) is 18.4 Å². The molecular weight excluding hydrogens is 254 g/mol. The number of nitriles is 1. The molecule has 2 N–H and O–H groups in total. The van der Waals surface area contributed by atoms with Crippen molar-refractivity contribution in [1.82, 2.24) is 10.6 Å². The molecule has 0 heterocycles. The largest absolute Gasteiger partial charge is 0.354 e. The van der Waals surface area contributed by atoms with E-state index < -0.39 is 5.92 Å². The van der Waals surface area contributed by atoms with Crippen LogP contribution in [0.1, 0.15) is 30.7 Å². The number of nitrogens with one attached hydrogen (secondary N) is 2. The molecule has 2 rings (SSSR count). The predicted octanol–water partition coefficient (Wildman–Crippen LogP) is 1.08. The highest BCUT2D eigenvalue weighted by Crippen LogP contribution is 2.18. The lowest BCUT2D eigenvalue weighted by atomic mass is 10.00. The Balaban J connectivity index is 1.78. The van der Waals surface area contributed by atoms with Gasteiger partial charge in [0.25, 0.3) is 0 Å². The molecule has 0 aromatic heterocycles. The number of hydrogen-bond acceptors (Lipinski definition) is 3. The zero-order valence-electron chi connectivity index (χ0n) is 11.1. The number of rotatable bonds is 6. The van der Waals surface area contributed by atoms with Gasteiger partial charge in [0.1, 0.15) is 5.92 Å². The van der Waals surface area contributed by atoms with Gasteiger partial charge < -0.3 is 10.6 Å². The van der Waals surface area contributed by atoms with Crippen LogP contribution in [0.5, 0.6) is 0 Å². The van der Waals surface area contributed by atoms with Gasteiger partial charge in [-0.25, -0.2) is 0 Å². The number of hydrogen-bond donors (Lipinski definition) is 2. The van der Waals surface area contributed by atoms with E-state index in [0.29, 0.717) is 11.6 Å². The highest BCUT2D eigenvalue weighted by molar-refractivity contribution is 5.87. The minimum Gasteiger partial charge on any atom is -0.354 e. The van der Waals surface area contributed by atoms with Crippen LogP contribution in [0.3, 0.4) is 0 Å². The molecule has 1 aromatic carbocycles. The molecular formula is C15H17N3O2. The van der Waals surface area contributed by atoms with E-state index in [0.717, 1.165) is 12.8 Å². The Morgan fingerprint density at radius 3 is 2.60 bits per heavy atom. The zero-order chi connectivity index (χ0) is 14.4. The van der Waals surface area contributed by atoms with Gasteiger partial charge in [0, 0.05) is 19.0 Å². The third kappa shape index (κ3) is 4.09. The van der Waals surface area contributed by atoms with Crippen LogP contribution in [0.25, 0.3) is 0 Å². The summed E-state index contributed by atoms with van der Waals surface area (Å²) in [4.78, 5) is 23.4. The SMILES string of the molecule is N#CC(C(=O)NCCC(=O)NC1CC1)c1ccccc1. The van der Waals surface area contributed by atoms with Crippen LogP contribution in [-0.4, -0.2) is 24.4 Å². The minimum absolute atomic E-state index is 0.0546. The lowest BCUT2D eigenvalue weighted by molar-refractivity contribution is -0.122. The molecule has 5 nitrogen and oxygen atoms in total. The fraction of sp³-hybridized carbons (Fsp3) is 0.400. The van der Waals surface area contributed by atoms with Gasteiger partial charge in [-0.3, -0.25) is 9.59 Å². The Hall–Kier alpha value is -2.35. The number of nitrogens with zero attached hydrogens (tertiary/aromatic N) is 1. The Morgan fingerprint density at radius 1 is 1.30 bits per heavy atom. The molecule has 1 aliphatic rings. The van der Waals surface area contributed by atoms with Gasteiger partial charge in [0.05, 0.1) is 6.07 Å². The second-order valence-electron chi connectivity index (χ2n) is 4.86. The molecule has 1 fully saturated rings. The molecule has 104 valence electrons. The summed E-state index contributed by atoms with van der Waals surface area (Å²) in [5, 5.41) is 14.6. The summed E-state index contributed by atoms with van der Waals surface area (Å²) >= 11 is 0. The summed E-state index contributed by atoms with van der Waals surface area (Å²) in [6.45, 7) is 0.252. The summed E-state index contributed by atoms with van der Waals surface area (Å²) < 4.78 is 0. The van der Waals surface area contributed by atoms with Crippen molar-refractivity contribution in [2.75, 3.05) is 6.54 Å². The first-order valence-corrected chi connectivity index (χ1v) is 6.72. The van der Waals surface area contributed by atoms with Crippen molar-refractivity contribution < 1.29 is 9.59 Å². The molecule has 1 aliphatic carbocycles. The van der Waals surface area contributed by atoms with Crippen LogP contribution in [0.2, 0.25) is 0 Å². The number of amides is 2. The van der Waals surface area contributed by atoms with Gasteiger partial charge in [-0.2, -0.15) is 5.26 Å². The van der Waals surface area contributed by atoms with Crippen molar-refractivity contribution in [2.45, 2.75) is 31.2 Å². The van der Waals surface area contributed by atoms with Crippen LogP contribution in [0.4, 0.5) is 0 Å². The van der Waals surface area contributed by atoms with Gasteiger partial charge in [0.2, 0.25) is 11.8 Å². The monoisotopic (exact) mass is 271 g/mol. The van der Waals surface area contributed by atoms with Gasteiger partial charge >= 0.3 is 0 Å². The summed E-state index contributed by atoms with van der Waals surface area (Å²) in [6.07, 6.45) is 2.33. The van der Waals surface area contributed by atoms with Crippen molar-refractivity contribution in [3.8, 4) is 6.07 Å².